The number of guanidine groups is 1. The van der Waals surface area contributed by atoms with Crippen molar-refractivity contribution in [2.45, 2.75) is 151 Å². The lowest BCUT2D eigenvalue weighted by Crippen LogP contribution is -2.60. The zero-order chi connectivity index (χ0) is 78.0. The Morgan fingerprint density at radius 3 is 1.70 bits per heavy atom. The molecule has 3 aliphatic rings. The first-order chi connectivity index (χ1) is 49.6. The van der Waals surface area contributed by atoms with Gasteiger partial charge in [-0.15, -0.1) is 0 Å². The number of aliphatic carboxylic acids is 3. The summed E-state index contributed by atoms with van der Waals surface area (Å²) in [6, 6.07) is -5.49. The van der Waals surface area contributed by atoms with Crippen LogP contribution in [0.25, 0.3) is 0 Å². The van der Waals surface area contributed by atoms with Gasteiger partial charge in [0.2, 0.25) is 70.9 Å². The second-order valence-electron chi connectivity index (χ2n) is 25.2. The normalized spacial score (nSPS) is 22.4. The van der Waals surface area contributed by atoms with E-state index in [0.29, 0.717) is 49.7 Å². The zero-order valence-corrected chi connectivity index (χ0v) is 61.6. The monoisotopic (exact) mass is 1550 g/mol. The molecule has 582 valence electrons. The predicted octanol–water partition coefficient (Wildman–Crippen LogP) is -6.28. The molecule has 44 heteroatoms. The van der Waals surface area contributed by atoms with Gasteiger partial charge in [-0.25, -0.2) is 0 Å². The molecule has 0 aliphatic carbocycles. The minimum Gasteiger partial charge on any atom is -0.481 e. The molecule has 3 aliphatic heterocycles. The summed E-state index contributed by atoms with van der Waals surface area (Å²) in [5.41, 5.74) is 10.7. The van der Waals surface area contributed by atoms with Gasteiger partial charge in [0.25, 0.3) is 0 Å². The molecule has 3 heterocycles. The first kappa shape index (κ1) is 88.2. The van der Waals surface area contributed by atoms with E-state index in [0.717, 1.165) is 43.2 Å². The smallest absolute Gasteiger partial charge is 0.322 e. The van der Waals surface area contributed by atoms with Crippen molar-refractivity contribution < 1.29 is 97.7 Å². The number of carbonyl (C=O) groups excluding carboxylic acids is 12. The Kier molecular flexibility index (Phi) is 37.4. The van der Waals surface area contributed by atoms with E-state index in [1.807, 2.05) is 27.7 Å². The molecule has 23 N–H and O–H groups in total. The van der Waals surface area contributed by atoms with Gasteiger partial charge in [0.05, 0.1) is 41.9 Å². The first-order valence-corrected chi connectivity index (χ1v) is 38.0. The lowest BCUT2D eigenvalue weighted by atomic mass is 9.87. The summed E-state index contributed by atoms with van der Waals surface area (Å²) >= 11 is 0. The van der Waals surface area contributed by atoms with E-state index in [-0.39, 0.29) is 80.6 Å². The largest absolute Gasteiger partial charge is 0.481 e. The molecule has 1 aromatic carbocycles. The third-order valence-electron chi connectivity index (χ3n) is 16.1. The van der Waals surface area contributed by atoms with Gasteiger partial charge in [-0.3, -0.25) is 81.8 Å². The minimum atomic E-state index is -1.91. The fraction of sp³-hybridized carbons (Fsp3) is 0.607. The zero-order valence-electron chi connectivity index (χ0n) is 58.4. The molecule has 0 saturated carbocycles. The molecule has 0 bridgehead atoms. The molecule has 0 aromatic heterocycles. The number of oxime groups is 2. The van der Waals surface area contributed by atoms with Crippen LogP contribution < -0.4 is 85.9 Å². The Labute approximate surface area is 619 Å². The second kappa shape index (κ2) is 44.5. The highest BCUT2D eigenvalue weighted by atomic mass is 33.1. The van der Waals surface area contributed by atoms with Crippen molar-refractivity contribution in [3.8, 4) is 0 Å². The van der Waals surface area contributed by atoms with Crippen molar-refractivity contribution in [2.24, 2.45) is 26.8 Å². The molecule has 0 spiro atoms. The number of rotatable bonds is 30. The van der Waals surface area contributed by atoms with Crippen LogP contribution in [0, 0.1) is 0 Å². The quantitative estimate of drug-likeness (QED) is 0.00851. The molecule has 40 nitrogen and oxygen atoms in total. The number of hydrogen-bond donors (Lipinski definition) is 21. The highest BCUT2D eigenvalue weighted by Crippen LogP contribution is 2.26. The van der Waals surface area contributed by atoms with E-state index in [1.165, 1.54) is 6.92 Å². The number of carboxylic acids is 3. The number of hydrogen-bond acceptors (Lipinski definition) is 27. The Balaban J connectivity index is 1.38. The molecule has 4 rings (SSSR count). The summed E-state index contributed by atoms with van der Waals surface area (Å²) in [5, 5.41) is 91.1. The summed E-state index contributed by atoms with van der Waals surface area (Å²) in [6.45, 7) is 9.46. The van der Waals surface area contributed by atoms with E-state index in [2.05, 4.69) is 94.6 Å². The molecule has 105 heavy (non-hydrogen) atoms. The van der Waals surface area contributed by atoms with Gasteiger partial charge in [-0.05, 0) is 53.0 Å². The lowest BCUT2D eigenvalue weighted by Gasteiger charge is -2.35. The van der Waals surface area contributed by atoms with Crippen LogP contribution in [0.4, 0.5) is 0 Å². The highest BCUT2D eigenvalue weighted by molar-refractivity contribution is 8.77. The Hall–Kier alpha value is -9.24. The molecule has 3 fully saturated rings. The Bertz CT molecular complexity index is 3320. The van der Waals surface area contributed by atoms with Gasteiger partial charge < -0.3 is 112 Å². The van der Waals surface area contributed by atoms with E-state index in [9.17, 15) is 92.5 Å². The molecule has 9 atom stereocenters. The molecule has 0 radical (unpaired) electrons. The van der Waals surface area contributed by atoms with Crippen LogP contribution in [-0.2, 0) is 78.3 Å². The fourth-order valence-electron chi connectivity index (χ4n) is 10.1. The number of carboxylic acid groups (broad SMARTS) is 3. The number of nitrogens with two attached hydrogens (primary N) is 2. The van der Waals surface area contributed by atoms with Crippen LogP contribution in [0.3, 0.4) is 0 Å². The molecular formula is C61H94N20O20S4. The van der Waals surface area contributed by atoms with Gasteiger partial charge in [-0.2, -0.15) is 0 Å². The van der Waals surface area contributed by atoms with Gasteiger partial charge in [0, 0.05) is 94.5 Å². The third-order valence-corrected chi connectivity index (χ3v) is 21.0. The van der Waals surface area contributed by atoms with Gasteiger partial charge in [0.1, 0.15) is 60.9 Å². The molecule has 12 amide bonds. The van der Waals surface area contributed by atoms with Crippen LogP contribution in [-0.4, -0.2) is 284 Å². The highest BCUT2D eigenvalue weighted by Gasteiger charge is 2.38. The summed E-state index contributed by atoms with van der Waals surface area (Å²) in [4.78, 5) is 205. The van der Waals surface area contributed by atoms with Gasteiger partial charge in [-0.1, -0.05) is 83.8 Å². The number of aliphatic imine (C=N–C) groups is 1. The molecular weight excluding hydrogens is 1460 g/mol. The average Bonchev–Trinajstić information content (AvgIpc) is 1.16. The van der Waals surface area contributed by atoms with Crippen molar-refractivity contribution in [1.82, 2.24) is 79.3 Å². The number of amides is 12. The first-order valence-electron chi connectivity index (χ1n) is 33.0. The van der Waals surface area contributed by atoms with Crippen molar-refractivity contribution in [2.75, 3.05) is 81.9 Å². The minimum absolute atomic E-state index is 0.00419. The van der Waals surface area contributed by atoms with Crippen molar-refractivity contribution >= 4 is 149 Å². The summed E-state index contributed by atoms with van der Waals surface area (Å²) in [5.74, 6) is -17.1. The summed E-state index contributed by atoms with van der Waals surface area (Å²) in [6.07, 6.45) is -2.94. The van der Waals surface area contributed by atoms with E-state index < -0.39 is 180 Å². The van der Waals surface area contributed by atoms with Gasteiger partial charge in [0.15, 0.2) is 5.96 Å². The molecule has 0 unspecified atom stereocenters. The third kappa shape index (κ3) is 32.3. The van der Waals surface area contributed by atoms with E-state index >= 15 is 0 Å². The molecule has 3 saturated heterocycles. The summed E-state index contributed by atoms with van der Waals surface area (Å²) < 4.78 is 0. The van der Waals surface area contributed by atoms with Crippen molar-refractivity contribution in [3.05, 3.63) is 35.9 Å². The van der Waals surface area contributed by atoms with Crippen LogP contribution in [0.2, 0.25) is 0 Å². The topological polar surface area (TPSA) is 618 Å². The SMILES string of the molecule is C[C@H](NC(=O)CCC(=O)NCCN1CCNC(C)(C)/C(=N\O)C/C(=N/O)C(C)(C)NCC1)C(=O)N[C@H]1CSSC[C@@H](C(=O)N[C@@H](CCCN=C(N)N)C(=O)NCC(=O)N[C@@H](CC(=O)O)C(=O)N[C@H]2CSSC[C@@H](C(=O)NCC(=O)O)NC(=O)[C@H](Cc3ccccc3)NC2=O)NC(=O)[C@H](CC(=O)O)NC1=O. The van der Waals surface area contributed by atoms with Crippen LogP contribution in [0.1, 0.15) is 85.1 Å². The maximum atomic E-state index is 14.2. The lowest BCUT2D eigenvalue weighted by molar-refractivity contribution is -0.141. The average molecular weight is 1560 g/mol. The van der Waals surface area contributed by atoms with Crippen LogP contribution in [0.15, 0.2) is 45.6 Å². The summed E-state index contributed by atoms with van der Waals surface area (Å²) in [7, 11) is 3.77. The molecule has 1 aromatic rings. The maximum absolute atomic E-state index is 14.2. The Morgan fingerprint density at radius 2 is 1.14 bits per heavy atom. The Morgan fingerprint density at radius 1 is 0.600 bits per heavy atom. The fourth-order valence-corrected chi connectivity index (χ4v) is 14.8. The maximum Gasteiger partial charge on any atom is 0.322 e. The predicted molar refractivity (Wildman–Crippen MR) is 387 cm³/mol. The standard InChI is InChI=1S/C61H94N20O20S4/c1-32(70-45(83)14-13-44(82)64-16-19-81-20-17-68-60(2,3)42(79-100)25-43(80-101)61(4,5)69-18-21-81)50(91)75-39-29-103-105-30-40(78-55(96)37(24-48(87)88)74-57(39)98)56(97)72-34(12-9-15-65-59(62)63)51(92)66-26-46(84)71-36(23-47(85)86)54(95)77-41-31-104-102-28-38(52(93)67-27-49(89)90)76-53(94)35(73-58(41)99)22-33-10-7-6-8-11-33/h6-8,10-11,32,34-41,68-69,100-101H,9,12-31H2,1-5H3,(H,64,82)(H,66,92)(H,67,93)(H,70,83)(H,71,84)(H,72,97)(H,73,99)(H,74,98)(H,75,91)(H,76,94)(H,77,95)(H,78,96)(H,85,86)(H,87,88)(H,89,90)(H4,62,63,65)/b79-42-,80-43-/t32-,34-,35-,36-,37-,38-,39-,40-,41-/m0/s1. The number of carbonyl (C=O) groups is 15. The van der Waals surface area contributed by atoms with Gasteiger partial charge >= 0.3 is 17.9 Å². The van der Waals surface area contributed by atoms with Crippen LogP contribution >= 0.6 is 43.2 Å². The van der Waals surface area contributed by atoms with Crippen LogP contribution in [0.5, 0.6) is 0 Å². The number of nitrogens with zero attached hydrogens (tertiary/aromatic N) is 4. The van der Waals surface area contributed by atoms with Crippen molar-refractivity contribution in [3.63, 3.8) is 0 Å². The van der Waals surface area contributed by atoms with E-state index in [1.54, 1.807) is 30.3 Å². The van der Waals surface area contributed by atoms with E-state index in [4.69, 9.17) is 16.6 Å². The van der Waals surface area contributed by atoms with Crippen molar-refractivity contribution in [1.29, 1.82) is 0 Å². The second-order valence-corrected chi connectivity index (χ2v) is 30.3. The number of nitrogens with one attached hydrogen (secondary N) is 14. The number of benzene rings is 1.